The number of aromatic nitrogens is 2. The Balaban J connectivity index is 1.29. The molecule has 3 unspecified atom stereocenters. The van der Waals surface area contributed by atoms with E-state index in [0.717, 1.165) is 36.1 Å². The van der Waals surface area contributed by atoms with Gasteiger partial charge in [0.05, 0.1) is 11.0 Å². The van der Waals surface area contributed by atoms with E-state index in [4.69, 9.17) is 0 Å². The van der Waals surface area contributed by atoms with Crippen molar-refractivity contribution >= 4 is 17.0 Å². The number of piperidine rings is 1. The van der Waals surface area contributed by atoms with Crippen molar-refractivity contribution in [2.75, 3.05) is 0 Å². The van der Waals surface area contributed by atoms with E-state index in [0.29, 0.717) is 23.1 Å². The summed E-state index contributed by atoms with van der Waals surface area (Å²) < 4.78 is 1.78. The number of hydrogen-bond acceptors (Lipinski definition) is 4. The van der Waals surface area contributed by atoms with Gasteiger partial charge in [-0.15, -0.1) is 0 Å². The van der Waals surface area contributed by atoms with Gasteiger partial charge in [-0.3, -0.25) is 9.69 Å². The maximum atomic E-state index is 13.2. The maximum absolute atomic E-state index is 13.2. The van der Waals surface area contributed by atoms with E-state index in [2.05, 4.69) is 9.88 Å². The molecule has 0 radical (unpaired) electrons. The number of para-hydroxylation sites is 2. The van der Waals surface area contributed by atoms with Gasteiger partial charge in [-0.1, -0.05) is 12.1 Å². The number of carboxylic acids is 1. The second kappa shape index (κ2) is 6.18. The molecule has 8 rings (SSSR count). The molecule has 0 amide bonds. The van der Waals surface area contributed by atoms with Crippen LogP contribution in [0.4, 0.5) is 0 Å². The van der Waals surface area contributed by atoms with Crippen LogP contribution in [0, 0.1) is 17.8 Å². The standard InChI is InChI=1S/C25H29N3O3/c29-23-22(24(30)31)26-20-3-1-2-4-21(20)27(23)19-10-17-5-6-18(11-19)28(17)25-12-14-7-15(13-25)9-16(25)8-14/h1-4,14-19H,5-13H2,(H,30,31)/t14?,15?,16?,17-,18+,19?,25?. The van der Waals surface area contributed by atoms with Crippen molar-refractivity contribution in [3.63, 3.8) is 0 Å². The van der Waals surface area contributed by atoms with Crippen molar-refractivity contribution in [1.29, 1.82) is 0 Å². The number of fused-ring (bicyclic) bond motifs is 3. The number of carbonyl (C=O) groups is 1. The van der Waals surface area contributed by atoms with Gasteiger partial charge in [-0.25, -0.2) is 9.78 Å². The summed E-state index contributed by atoms with van der Waals surface area (Å²) in [5.74, 6) is 1.54. The summed E-state index contributed by atoms with van der Waals surface area (Å²) >= 11 is 0. The Hall–Kier alpha value is -2.21. The van der Waals surface area contributed by atoms with Gasteiger partial charge in [0, 0.05) is 23.7 Å². The van der Waals surface area contributed by atoms with Crippen LogP contribution in [0.1, 0.15) is 74.3 Å². The molecule has 2 saturated heterocycles. The molecule has 2 aromatic rings. The van der Waals surface area contributed by atoms with Gasteiger partial charge in [-0.2, -0.15) is 0 Å². The van der Waals surface area contributed by atoms with E-state index in [1.165, 1.54) is 44.9 Å². The summed E-state index contributed by atoms with van der Waals surface area (Å²) in [6.45, 7) is 0. The number of hydrogen-bond donors (Lipinski definition) is 1. The molecule has 6 aliphatic rings. The average Bonchev–Trinajstić information content (AvgIpc) is 3.27. The first-order valence-corrected chi connectivity index (χ1v) is 12.1. The van der Waals surface area contributed by atoms with Crippen molar-refractivity contribution in [3.8, 4) is 0 Å². The fraction of sp³-hybridized carbons (Fsp3) is 0.640. The molecule has 31 heavy (non-hydrogen) atoms. The van der Waals surface area contributed by atoms with Crippen LogP contribution < -0.4 is 5.56 Å². The normalized spacial score (nSPS) is 40.8. The highest BCUT2D eigenvalue weighted by Gasteiger charge is 2.64. The van der Waals surface area contributed by atoms with Gasteiger partial charge in [0.25, 0.3) is 5.56 Å². The van der Waals surface area contributed by atoms with Crippen LogP contribution >= 0.6 is 0 Å². The van der Waals surface area contributed by atoms with Crippen LogP contribution in [0.3, 0.4) is 0 Å². The lowest BCUT2D eigenvalue weighted by Crippen LogP contribution is -2.58. The summed E-state index contributed by atoms with van der Waals surface area (Å²) in [5.41, 5.74) is 1.01. The molecule has 6 heteroatoms. The molecule has 6 fully saturated rings. The molecule has 162 valence electrons. The third-order valence-corrected chi connectivity index (χ3v) is 9.53. The molecule has 4 saturated carbocycles. The fourth-order valence-corrected chi connectivity index (χ4v) is 8.92. The average molecular weight is 420 g/mol. The first-order chi connectivity index (χ1) is 15.0. The smallest absolute Gasteiger partial charge is 0.360 e. The molecular formula is C25H29N3O3. The first-order valence-electron chi connectivity index (χ1n) is 12.1. The lowest BCUT2D eigenvalue weighted by molar-refractivity contribution is -0.0244. The molecule has 3 heterocycles. The van der Waals surface area contributed by atoms with E-state index in [9.17, 15) is 14.7 Å². The lowest BCUT2D eigenvalue weighted by Gasteiger charge is -2.52. The van der Waals surface area contributed by atoms with Crippen LogP contribution in [0.2, 0.25) is 0 Å². The number of rotatable bonds is 3. The van der Waals surface area contributed by atoms with E-state index in [1.54, 1.807) is 4.57 Å². The van der Waals surface area contributed by atoms with Crippen LogP contribution in [0.15, 0.2) is 29.1 Å². The van der Waals surface area contributed by atoms with E-state index < -0.39 is 11.5 Å². The predicted molar refractivity (Wildman–Crippen MR) is 116 cm³/mol. The zero-order valence-corrected chi connectivity index (χ0v) is 17.7. The number of aromatic carboxylic acids is 1. The molecule has 5 atom stereocenters. The van der Waals surface area contributed by atoms with Crippen molar-refractivity contribution in [2.24, 2.45) is 17.8 Å². The lowest BCUT2D eigenvalue weighted by atomic mass is 9.78. The van der Waals surface area contributed by atoms with Crippen molar-refractivity contribution in [3.05, 3.63) is 40.3 Å². The zero-order chi connectivity index (χ0) is 20.9. The van der Waals surface area contributed by atoms with E-state index >= 15 is 0 Å². The monoisotopic (exact) mass is 419 g/mol. The Morgan fingerprint density at radius 1 is 0.968 bits per heavy atom. The number of carboxylic acid groups (broad SMARTS) is 1. The van der Waals surface area contributed by atoms with Crippen LogP contribution in [-0.4, -0.2) is 43.1 Å². The SMILES string of the molecule is O=C(O)c1nc2ccccc2n(C2C[C@H]3CC[C@@H](C2)N3C23CC4CC(CC2C4)C3)c1=O. The highest BCUT2D eigenvalue weighted by molar-refractivity contribution is 5.88. The molecule has 6 bridgehead atoms. The summed E-state index contributed by atoms with van der Waals surface area (Å²) in [5, 5.41) is 9.60. The van der Waals surface area contributed by atoms with Gasteiger partial charge in [0.15, 0.2) is 0 Å². The molecule has 6 nitrogen and oxygen atoms in total. The zero-order valence-electron chi connectivity index (χ0n) is 17.7. The third kappa shape index (κ3) is 2.40. The van der Waals surface area contributed by atoms with Crippen LogP contribution in [0.5, 0.6) is 0 Å². The fourth-order valence-electron chi connectivity index (χ4n) is 8.92. The Morgan fingerprint density at radius 3 is 2.32 bits per heavy atom. The summed E-state index contributed by atoms with van der Waals surface area (Å²) in [6, 6.07) is 8.60. The van der Waals surface area contributed by atoms with Gasteiger partial charge in [0.2, 0.25) is 5.69 Å². The quantitative estimate of drug-likeness (QED) is 0.818. The molecule has 4 aliphatic carbocycles. The van der Waals surface area contributed by atoms with E-state index in [-0.39, 0.29) is 11.7 Å². The van der Waals surface area contributed by atoms with Crippen LogP contribution in [-0.2, 0) is 0 Å². The minimum absolute atomic E-state index is 0.0550. The minimum atomic E-state index is -1.23. The number of benzene rings is 1. The highest BCUT2D eigenvalue weighted by Crippen LogP contribution is 2.65. The largest absolute Gasteiger partial charge is 0.476 e. The first kappa shape index (κ1) is 18.4. The van der Waals surface area contributed by atoms with Crippen molar-refractivity contribution in [2.45, 2.75) is 81.5 Å². The molecule has 1 aromatic carbocycles. The second-order valence-electron chi connectivity index (χ2n) is 11.0. The molecule has 2 aliphatic heterocycles. The maximum Gasteiger partial charge on any atom is 0.360 e. The van der Waals surface area contributed by atoms with Gasteiger partial charge >= 0.3 is 5.97 Å². The third-order valence-electron chi connectivity index (χ3n) is 9.53. The summed E-state index contributed by atoms with van der Waals surface area (Å²) in [4.78, 5) is 32.1. The van der Waals surface area contributed by atoms with Crippen LogP contribution in [0.25, 0.3) is 11.0 Å². The Labute approximate surface area is 181 Å². The number of nitrogens with zero attached hydrogens (tertiary/aromatic N) is 3. The molecular weight excluding hydrogens is 390 g/mol. The predicted octanol–water partition coefficient (Wildman–Crippen LogP) is 3.84. The van der Waals surface area contributed by atoms with Gasteiger partial charge < -0.3 is 9.67 Å². The minimum Gasteiger partial charge on any atom is -0.476 e. The van der Waals surface area contributed by atoms with Crippen molar-refractivity contribution < 1.29 is 9.90 Å². The van der Waals surface area contributed by atoms with E-state index in [1.807, 2.05) is 24.3 Å². The summed E-state index contributed by atoms with van der Waals surface area (Å²) in [7, 11) is 0. The van der Waals surface area contributed by atoms with Crippen molar-refractivity contribution in [1.82, 2.24) is 14.5 Å². The highest BCUT2D eigenvalue weighted by atomic mass is 16.4. The second-order valence-corrected chi connectivity index (χ2v) is 11.0. The van der Waals surface area contributed by atoms with Gasteiger partial charge in [-0.05, 0) is 87.7 Å². The Kier molecular flexibility index (Phi) is 3.66. The topological polar surface area (TPSA) is 75.4 Å². The Bertz CT molecular complexity index is 1130. The van der Waals surface area contributed by atoms with Gasteiger partial charge in [0.1, 0.15) is 0 Å². The molecule has 1 N–H and O–H groups in total. The molecule has 1 aromatic heterocycles. The molecule has 0 spiro atoms. The summed E-state index contributed by atoms with van der Waals surface area (Å²) in [6.07, 6.45) is 11.5. The Morgan fingerprint density at radius 2 is 1.65 bits per heavy atom.